The second kappa shape index (κ2) is 7.89. The predicted octanol–water partition coefficient (Wildman–Crippen LogP) is 3.09. The molecule has 1 aliphatic heterocycles. The number of hydrogen-bond acceptors (Lipinski definition) is 3. The van der Waals surface area contributed by atoms with Crippen LogP contribution in [0, 0.1) is 6.92 Å². The Bertz CT molecular complexity index is 630. The van der Waals surface area contributed by atoms with Crippen molar-refractivity contribution in [2.45, 2.75) is 64.5 Å². The van der Waals surface area contributed by atoms with Crippen LogP contribution >= 0.6 is 0 Å². The van der Waals surface area contributed by atoms with E-state index in [0.29, 0.717) is 12.1 Å². The molecule has 3 rings (SSSR count). The highest BCUT2D eigenvalue weighted by Crippen LogP contribution is 2.26. The van der Waals surface area contributed by atoms with Gasteiger partial charge in [-0.2, -0.15) is 0 Å². The summed E-state index contributed by atoms with van der Waals surface area (Å²) < 4.78 is 0. The van der Waals surface area contributed by atoms with Crippen molar-refractivity contribution in [2.24, 2.45) is 0 Å². The van der Waals surface area contributed by atoms with Crippen molar-refractivity contribution in [3.63, 3.8) is 0 Å². The highest BCUT2D eigenvalue weighted by Gasteiger charge is 2.24. The molecule has 0 spiro atoms. The molecule has 0 aromatic heterocycles. The van der Waals surface area contributed by atoms with Gasteiger partial charge < -0.3 is 15.5 Å². The first kappa shape index (κ1) is 17.8. The zero-order valence-corrected chi connectivity index (χ0v) is 15.3. The van der Waals surface area contributed by atoms with Crippen LogP contribution in [0.5, 0.6) is 0 Å². The molecule has 1 aromatic rings. The molecule has 1 saturated carbocycles. The van der Waals surface area contributed by atoms with E-state index in [0.717, 1.165) is 68.4 Å². The Morgan fingerprint density at radius 1 is 1.04 bits per heavy atom. The van der Waals surface area contributed by atoms with Gasteiger partial charge in [-0.15, -0.1) is 0 Å². The third-order valence-electron chi connectivity index (χ3n) is 5.45. The minimum absolute atomic E-state index is 0.0559. The van der Waals surface area contributed by atoms with Crippen LogP contribution in [-0.4, -0.2) is 41.9 Å². The van der Waals surface area contributed by atoms with Gasteiger partial charge in [0.05, 0.1) is 0 Å². The lowest BCUT2D eigenvalue weighted by atomic mass is 9.90. The number of amides is 2. The Labute approximate surface area is 150 Å². The van der Waals surface area contributed by atoms with Gasteiger partial charge in [0, 0.05) is 43.3 Å². The zero-order valence-electron chi connectivity index (χ0n) is 15.3. The van der Waals surface area contributed by atoms with E-state index in [2.05, 4.69) is 16.7 Å². The fourth-order valence-electron chi connectivity index (χ4n) is 4.00. The van der Waals surface area contributed by atoms with Crippen LogP contribution in [0.2, 0.25) is 0 Å². The predicted molar refractivity (Wildman–Crippen MR) is 99.8 cm³/mol. The van der Waals surface area contributed by atoms with Crippen LogP contribution in [0.3, 0.4) is 0 Å². The first-order chi connectivity index (χ1) is 12.0. The van der Waals surface area contributed by atoms with E-state index in [4.69, 9.17) is 0 Å². The van der Waals surface area contributed by atoms with Crippen molar-refractivity contribution in [3.8, 4) is 0 Å². The first-order valence-electron chi connectivity index (χ1n) is 9.47. The molecule has 2 amide bonds. The molecule has 0 atom stereocenters. The van der Waals surface area contributed by atoms with Gasteiger partial charge in [0.25, 0.3) is 5.91 Å². The molecule has 0 bridgehead atoms. The molecule has 2 aliphatic rings. The second-order valence-corrected chi connectivity index (χ2v) is 7.37. The average molecular weight is 343 g/mol. The molecule has 0 radical (unpaired) electrons. The molecule has 136 valence electrons. The van der Waals surface area contributed by atoms with E-state index in [1.807, 2.05) is 24.0 Å². The summed E-state index contributed by atoms with van der Waals surface area (Å²) in [7, 11) is 0. The quantitative estimate of drug-likeness (QED) is 0.883. The van der Waals surface area contributed by atoms with E-state index in [1.165, 1.54) is 0 Å². The second-order valence-electron chi connectivity index (χ2n) is 7.37. The maximum absolute atomic E-state index is 12.7. The zero-order chi connectivity index (χ0) is 17.8. The van der Waals surface area contributed by atoms with Crippen LogP contribution in [0.1, 0.15) is 61.4 Å². The Kier molecular flexibility index (Phi) is 5.61. The largest absolute Gasteiger partial charge is 0.382 e. The molecule has 2 fully saturated rings. The number of nitrogens with one attached hydrogen (secondary N) is 2. The monoisotopic (exact) mass is 343 g/mol. The molecule has 1 aliphatic carbocycles. The number of benzene rings is 1. The number of carbonyl (C=O) groups is 2. The third-order valence-corrected chi connectivity index (χ3v) is 5.45. The molecule has 2 N–H and O–H groups in total. The summed E-state index contributed by atoms with van der Waals surface area (Å²) in [6.45, 7) is 5.37. The number of anilines is 1. The summed E-state index contributed by atoms with van der Waals surface area (Å²) in [5.74, 6) is 0.216. The van der Waals surface area contributed by atoms with E-state index < -0.39 is 0 Å². The maximum atomic E-state index is 12.7. The van der Waals surface area contributed by atoms with Crippen molar-refractivity contribution in [1.29, 1.82) is 0 Å². The van der Waals surface area contributed by atoms with Crippen molar-refractivity contribution in [3.05, 3.63) is 29.3 Å². The summed E-state index contributed by atoms with van der Waals surface area (Å²) in [5.41, 5.74) is 2.93. The Morgan fingerprint density at radius 2 is 1.68 bits per heavy atom. The Morgan fingerprint density at radius 3 is 2.32 bits per heavy atom. The normalized spacial score (nSPS) is 23.4. The van der Waals surface area contributed by atoms with Crippen molar-refractivity contribution < 1.29 is 9.59 Å². The molecule has 1 aromatic carbocycles. The van der Waals surface area contributed by atoms with Gasteiger partial charge in [0.2, 0.25) is 5.91 Å². The lowest BCUT2D eigenvalue weighted by Crippen LogP contribution is -2.39. The lowest BCUT2D eigenvalue weighted by Gasteiger charge is -2.30. The molecule has 5 nitrogen and oxygen atoms in total. The van der Waals surface area contributed by atoms with Crippen LogP contribution in [0.4, 0.5) is 5.69 Å². The molecule has 1 heterocycles. The summed E-state index contributed by atoms with van der Waals surface area (Å²) >= 11 is 0. The number of rotatable bonds is 4. The number of carbonyl (C=O) groups excluding carboxylic acids is 2. The van der Waals surface area contributed by atoms with Gasteiger partial charge in [0.1, 0.15) is 0 Å². The van der Waals surface area contributed by atoms with E-state index in [-0.39, 0.29) is 11.8 Å². The maximum Gasteiger partial charge on any atom is 0.254 e. The molecule has 5 heteroatoms. The highest BCUT2D eigenvalue weighted by molar-refractivity contribution is 5.97. The molecular weight excluding hydrogens is 314 g/mol. The van der Waals surface area contributed by atoms with E-state index in [9.17, 15) is 9.59 Å². The SMILES string of the molecule is CC(=O)NC1CCC(Nc2cccc(C(=O)N3CCCC3)c2C)CC1. The molecule has 25 heavy (non-hydrogen) atoms. The standard InChI is InChI=1S/C20H29N3O2/c1-14-18(20(25)23-12-3-4-13-23)6-5-7-19(14)22-17-10-8-16(9-11-17)21-15(2)24/h5-7,16-17,22H,3-4,8-13H2,1-2H3,(H,21,24). The third kappa shape index (κ3) is 4.33. The van der Waals surface area contributed by atoms with Gasteiger partial charge >= 0.3 is 0 Å². The molecular formula is C20H29N3O2. The van der Waals surface area contributed by atoms with Crippen LogP contribution < -0.4 is 10.6 Å². The van der Waals surface area contributed by atoms with Crippen molar-refractivity contribution in [2.75, 3.05) is 18.4 Å². The average Bonchev–Trinajstić information content (AvgIpc) is 3.12. The summed E-state index contributed by atoms with van der Waals surface area (Å²) in [4.78, 5) is 25.9. The number of nitrogens with zero attached hydrogens (tertiary/aromatic N) is 1. The van der Waals surface area contributed by atoms with Crippen LogP contribution in [0.15, 0.2) is 18.2 Å². The van der Waals surface area contributed by atoms with Crippen LogP contribution in [0.25, 0.3) is 0 Å². The fourth-order valence-corrected chi connectivity index (χ4v) is 4.00. The van der Waals surface area contributed by atoms with E-state index >= 15 is 0 Å². The van der Waals surface area contributed by atoms with Gasteiger partial charge in [-0.1, -0.05) is 6.07 Å². The van der Waals surface area contributed by atoms with Crippen LogP contribution in [-0.2, 0) is 4.79 Å². The summed E-state index contributed by atoms with van der Waals surface area (Å²) in [6, 6.07) is 6.69. The van der Waals surface area contributed by atoms with Crippen molar-refractivity contribution in [1.82, 2.24) is 10.2 Å². The fraction of sp³-hybridized carbons (Fsp3) is 0.600. The minimum Gasteiger partial charge on any atom is -0.382 e. The summed E-state index contributed by atoms with van der Waals surface area (Å²) in [6.07, 6.45) is 6.30. The smallest absolute Gasteiger partial charge is 0.254 e. The molecule has 0 unspecified atom stereocenters. The van der Waals surface area contributed by atoms with Crippen molar-refractivity contribution >= 4 is 17.5 Å². The van der Waals surface area contributed by atoms with Gasteiger partial charge in [-0.05, 0) is 63.1 Å². The lowest BCUT2D eigenvalue weighted by molar-refractivity contribution is -0.119. The summed E-state index contributed by atoms with van der Waals surface area (Å²) in [5, 5.41) is 6.64. The van der Waals surface area contributed by atoms with E-state index in [1.54, 1.807) is 6.92 Å². The highest BCUT2D eigenvalue weighted by atomic mass is 16.2. The van der Waals surface area contributed by atoms with Gasteiger partial charge in [-0.25, -0.2) is 0 Å². The minimum atomic E-state index is 0.0559. The topological polar surface area (TPSA) is 61.4 Å². The Balaban J connectivity index is 1.62. The number of likely N-dealkylation sites (tertiary alicyclic amines) is 1. The molecule has 1 saturated heterocycles. The van der Waals surface area contributed by atoms with Gasteiger partial charge in [0.15, 0.2) is 0 Å². The number of hydrogen-bond donors (Lipinski definition) is 2. The Hall–Kier alpha value is -2.04. The van der Waals surface area contributed by atoms with Gasteiger partial charge in [-0.3, -0.25) is 9.59 Å². The first-order valence-corrected chi connectivity index (χ1v) is 9.47.